The Morgan fingerprint density at radius 3 is 2.67 bits per heavy atom. The number of hydrogen-bond donors (Lipinski definition) is 2. The molecule has 1 saturated carbocycles. The minimum atomic E-state index is 0.700. The van der Waals surface area contributed by atoms with Crippen LogP contribution in [0.3, 0.4) is 0 Å². The molecule has 5 nitrogen and oxygen atoms in total. The third-order valence-electron chi connectivity index (χ3n) is 3.62. The second kappa shape index (κ2) is 5.89. The van der Waals surface area contributed by atoms with Gasteiger partial charge < -0.3 is 15.2 Å². The van der Waals surface area contributed by atoms with Gasteiger partial charge in [-0.15, -0.1) is 0 Å². The third-order valence-corrected chi connectivity index (χ3v) is 3.62. The van der Waals surface area contributed by atoms with Crippen molar-refractivity contribution >= 4 is 5.96 Å². The van der Waals surface area contributed by atoms with Crippen molar-refractivity contribution in [3.63, 3.8) is 0 Å². The van der Waals surface area contributed by atoms with Gasteiger partial charge in [-0.3, -0.25) is 4.99 Å². The van der Waals surface area contributed by atoms with Crippen LogP contribution in [0, 0.1) is 19.8 Å². The fourth-order valence-electron chi connectivity index (χ4n) is 2.08. The lowest BCUT2D eigenvalue weighted by Gasteiger charge is -2.26. The van der Waals surface area contributed by atoms with E-state index < -0.39 is 0 Å². The summed E-state index contributed by atoms with van der Waals surface area (Å²) in [6.07, 6.45) is 4.05. The number of nitrogens with one attached hydrogen (secondary N) is 2. The first-order chi connectivity index (χ1) is 8.70. The third kappa shape index (κ3) is 3.03. The minimum absolute atomic E-state index is 0.700. The zero-order valence-electron chi connectivity index (χ0n) is 11.4. The van der Waals surface area contributed by atoms with Crippen LogP contribution >= 0.6 is 0 Å². The summed E-state index contributed by atoms with van der Waals surface area (Å²) in [7, 11) is 1.80. The van der Waals surface area contributed by atoms with Gasteiger partial charge in [-0.05, 0) is 32.6 Å². The van der Waals surface area contributed by atoms with Crippen molar-refractivity contribution in [2.45, 2.75) is 39.7 Å². The van der Waals surface area contributed by atoms with Crippen molar-refractivity contribution in [2.75, 3.05) is 13.6 Å². The average Bonchev–Trinajstić information content (AvgIpc) is 2.62. The van der Waals surface area contributed by atoms with Crippen molar-refractivity contribution in [3.05, 3.63) is 17.0 Å². The Hall–Kier alpha value is -1.52. The van der Waals surface area contributed by atoms with Crippen LogP contribution in [0.4, 0.5) is 0 Å². The van der Waals surface area contributed by atoms with Crippen molar-refractivity contribution in [1.29, 1.82) is 0 Å². The molecule has 0 amide bonds. The monoisotopic (exact) mass is 250 g/mol. The Morgan fingerprint density at radius 1 is 1.39 bits per heavy atom. The predicted molar refractivity (Wildman–Crippen MR) is 71.5 cm³/mol. The predicted octanol–water partition coefficient (Wildman–Crippen LogP) is 1.76. The normalized spacial score (nSPS) is 16.5. The van der Waals surface area contributed by atoms with Crippen LogP contribution in [0.2, 0.25) is 0 Å². The highest BCUT2D eigenvalue weighted by Gasteiger charge is 2.17. The van der Waals surface area contributed by atoms with Crippen molar-refractivity contribution in [2.24, 2.45) is 10.9 Å². The van der Waals surface area contributed by atoms with E-state index in [-0.39, 0.29) is 0 Å². The van der Waals surface area contributed by atoms with E-state index in [1.807, 2.05) is 13.8 Å². The maximum atomic E-state index is 5.14. The number of nitrogens with zero attached hydrogens (tertiary/aromatic N) is 2. The quantitative estimate of drug-likeness (QED) is 0.631. The summed E-state index contributed by atoms with van der Waals surface area (Å²) in [6, 6.07) is 0. The molecule has 1 aliphatic carbocycles. The molecule has 0 aliphatic heterocycles. The molecule has 0 bridgehead atoms. The average molecular weight is 250 g/mol. The Labute approximate surface area is 108 Å². The summed E-state index contributed by atoms with van der Waals surface area (Å²) in [5, 5.41) is 10.6. The first kappa shape index (κ1) is 12.9. The highest BCUT2D eigenvalue weighted by molar-refractivity contribution is 5.79. The van der Waals surface area contributed by atoms with Crippen LogP contribution < -0.4 is 10.6 Å². The molecule has 0 radical (unpaired) electrons. The molecule has 1 aliphatic rings. The summed E-state index contributed by atoms with van der Waals surface area (Å²) >= 11 is 0. The summed E-state index contributed by atoms with van der Waals surface area (Å²) in [4.78, 5) is 4.22. The molecule has 1 heterocycles. The largest absolute Gasteiger partial charge is 0.361 e. The molecule has 2 rings (SSSR count). The Kier molecular flexibility index (Phi) is 4.23. The fraction of sp³-hybridized carbons (Fsp3) is 0.692. The number of guanidine groups is 1. The van der Waals surface area contributed by atoms with Crippen LogP contribution in [0.1, 0.15) is 36.3 Å². The Balaban J connectivity index is 1.79. The molecule has 1 aromatic rings. The summed E-state index contributed by atoms with van der Waals surface area (Å²) in [5.41, 5.74) is 2.05. The van der Waals surface area contributed by atoms with Crippen LogP contribution in [-0.4, -0.2) is 24.7 Å². The molecular weight excluding hydrogens is 228 g/mol. The molecule has 0 aromatic carbocycles. The number of aliphatic imine (C=N–C) groups is 1. The van der Waals surface area contributed by atoms with Gasteiger partial charge in [0.2, 0.25) is 0 Å². The van der Waals surface area contributed by atoms with Gasteiger partial charge in [-0.25, -0.2) is 0 Å². The second-order valence-electron chi connectivity index (χ2n) is 4.91. The SMILES string of the molecule is CN=C(NCc1c(C)noc1C)NCC1CCC1. The van der Waals surface area contributed by atoms with E-state index in [9.17, 15) is 0 Å². The van der Waals surface area contributed by atoms with Crippen LogP contribution in [0.25, 0.3) is 0 Å². The molecule has 0 atom stereocenters. The van der Waals surface area contributed by atoms with Gasteiger partial charge in [0.25, 0.3) is 0 Å². The van der Waals surface area contributed by atoms with E-state index in [0.717, 1.165) is 35.4 Å². The van der Waals surface area contributed by atoms with E-state index in [1.54, 1.807) is 7.05 Å². The fourth-order valence-corrected chi connectivity index (χ4v) is 2.08. The molecule has 1 fully saturated rings. The van der Waals surface area contributed by atoms with Crippen LogP contribution in [-0.2, 0) is 6.54 Å². The van der Waals surface area contributed by atoms with Crippen LogP contribution in [0.15, 0.2) is 9.52 Å². The van der Waals surface area contributed by atoms with Crippen molar-refractivity contribution in [1.82, 2.24) is 15.8 Å². The molecule has 100 valence electrons. The second-order valence-corrected chi connectivity index (χ2v) is 4.91. The van der Waals surface area contributed by atoms with E-state index in [4.69, 9.17) is 4.52 Å². The van der Waals surface area contributed by atoms with E-state index in [0.29, 0.717) is 6.54 Å². The summed E-state index contributed by atoms with van der Waals surface area (Å²) < 4.78 is 5.14. The zero-order chi connectivity index (χ0) is 13.0. The first-order valence-electron chi connectivity index (χ1n) is 6.57. The highest BCUT2D eigenvalue weighted by Crippen LogP contribution is 2.25. The Morgan fingerprint density at radius 2 is 2.17 bits per heavy atom. The van der Waals surface area contributed by atoms with E-state index in [1.165, 1.54) is 19.3 Å². The number of aromatic nitrogens is 1. The van der Waals surface area contributed by atoms with Crippen LogP contribution in [0.5, 0.6) is 0 Å². The molecule has 1 aromatic heterocycles. The van der Waals surface area contributed by atoms with E-state index in [2.05, 4.69) is 20.8 Å². The van der Waals surface area contributed by atoms with Gasteiger partial charge in [-0.2, -0.15) is 0 Å². The summed E-state index contributed by atoms with van der Waals surface area (Å²) in [6.45, 7) is 5.60. The highest BCUT2D eigenvalue weighted by atomic mass is 16.5. The smallest absolute Gasteiger partial charge is 0.191 e. The maximum Gasteiger partial charge on any atom is 0.191 e. The topological polar surface area (TPSA) is 62.5 Å². The van der Waals surface area contributed by atoms with E-state index >= 15 is 0 Å². The van der Waals surface area contributed by atoms with Gasteiger partial charge in [-0.1, -0.05) is 11.6 Å². The zero-order valence-corrected chi connectivity index (χ0v) is 11.4. The van der Waals surface area contributed by atoms with Gasteiger partial charge in [0.15, 0.2) is 5.96 Å². The standard InChI is InChI=1S/C13H22N4O/c1-9-12(10(2)18-17-9)8-16-13(14-3)15-7-11-5-4-6-11/h11H,4-8H2,1-3H3,(H2,14,15,16). The first-order valence-corrected chi connectivity index (χ1v) is 6.57. The molecule has 2 N–H and O–H groups in total. The summed E-state index contributed by atoms with van der Waals surface area (Å²) in [5.74, 6) is 2.54. The molecule has 0 spiro atoms. The lowest BCUT2D eigenvalue weighted by atomic mass is 9.85. The number of hydrogen-bond acceptors (Lipinski definition) is 3. The van der Waals surface area contributed by atoms with Crippen molar-refractivity contribution in [3.8, 4) is 0 Å². The maximum absolute atomic E-state index is 5.14. The van der Waals surface area contributed by atoms with Crippen molar-refractivity contribution < 1.29 is 4.52 Å². The molecular formula is C13H22N4O. The lowest BCUT2D eigenvalue weighted by molar-refractivity contribution is 0.314. The van der Waals surface area contributed by atoms with Gasteiger partial charge in [0.1, 0.15) is 5.76 Å². The molecule has 0 unspecified atom stereocenters. The van der Waals surface area contributed by atoms with Gasteiger partial charge in [0, 0.05) is 25.7 Å². The lowest BCUT2D eigenvalue weighted by Crippen LogP contribution is -2.40. The Bertz CT molecular complexity index is 401. The van der Waals surface area contributed by atoms with Gasteiger partial charge >= 0.3 is 0 Å². The molecule has 18 heavy (non-hydrogen) atoms. The minimum Gasteiger partial charge on any atom is -0.361 e. The molecule has 0 saturated heterocycles. The molecule has 5 heteroatoms. The number of aryl methyl sites for hydroxylation is 2. The number of rotatable bonds is 4. The van der Waals surface area contributed by atoms with Gasteiger partial charge in [0.05, 0.1) is 5.69 Å².